The van der Waals surface area contributed by atoms with Gasteiger partial charge in [-0.15, -0.1) is 0 Å². The van der Waals surface area contributed by atoms with Crippen LogP contribution in [-0.2, 0) is 0 Å². The lowest BCUT2D eigenvalue weighted by molar-refractivity contribution is 0.181. The van der Waals surface area contributed by atoms with E-state index in [2.05, 4.69) is 36.0 Å². The Kier molecular flexibility index (Phi) is 7.01. The minimum atomic E-state index is 0.772. The highest BCUT2D eigenvalue weighted by atomic mass is 15.2. The molecule has 1 atom stereocenters. The first-order valence-electron chi connectivity index (χ1n) is 6.91. The van der Waals surface area contributed by atoms with Gasteiger partial charge in [0.2, 0.25) is 0 Å². The van der Waals surface area contributed by atoms with Crippen LogP contribution < -0.4 is 5.32 Å². The van der Waals surface area contributed by atoms with E-state index in [1.807, 2.05) is 0 Å². The summed E-state index contributed by atoms with van der Waals surface area (Å²) in [4.78, 5) is 5.18. The van der Waals surface area contributed by atoms with E-state index < -0.39 is 0 Å². The molecule has 0 radical (unpaired) electrons. The molecule has 3 heteroatoms. The Morgan fingerprint density at radius 2 is 2.06 bits per heavy atom. The predicted molar refractivity (Wildman–Crippen MR) is 70.9 cm³/mol. The van der Waals surface area contributed by atoms with Crippen molar-refractivity contribution in [2.45, 2.75) is 39.2 Å². The molecule has 0 aliphatic carbocycles. The van der Waals surface area contributed by atoms with Gasteiger partial charge < -0.3 is 10.2 Å². The molecule has 3 nitrogen and oxygen atoms in total. The summed E-state index contributed by atoms with van der Waals surface area (Å²) in [6.07, 6.45) is 3.90. The summed E-state index contributed by atoms with van der Waals surface area (Å²) in [6, 6.07) is 0.772. The Morgan fingerprint density at radius 3 is 2.75 bits per heavy atom. The van der Waals surface area contributed by atoms with Crippen molar-refractivity contribution in [3.05, 3.63) is 0 Å². The molecule has 0 aromatic carbocycles. The SMILES string of the molecule is CCNCCCN1CCCN(C)CC1CC. The van der Waals surface area contributed by atoms with E-state index in [0.29, 0.717) is 0 Å². The molecule has 0 amide bonds. The fraction of sp³-hybridized carbons (Fsp3) is 1.00. The maximum absolute atomic E-state index is 3.41. The zero-order valence-electron chi connectivity index (χ0n) is 11.3. The summed E-state index contributed by atoms with van der Waals surface area (Å²) in [5, 5.41) is 3.41. The van der Waals surface area contributed by atoms with E-state index in [1.165, 1.54) is 52.0 Å². The van der Waals surface area contributed by atoms with Crippen LogP contribution in [0.4, 0.5) is 0 Å². The van der Waals surface area contributed by atoms with Crippen molar-refractivity contribution in [1.82, 2.24) is 15.1 Å². The predicted octanol–water partition coefficient (Wildman–Crippen LogP) is 1.40. The van der Waals surface area contributed by atoms with Gasteiger partial charge in [-0.3, -0.25) is 4.90 Å². The number of likely N-dealkylation sites (N-methyl/N-ethyl adjacent to an activating group) is 1. The molecule has 1 N–H and O–H groups in total. The van der Waals surface area contributed by atoms with E-state index in [9.17, 15) is 0 Å². The van der Waals surface area contributed by atoms with E-state index in [1.54, 1.807) is 0 Å². The largest absolute Gasteiger partial charge is 0.317 e. The van der Waals surface area contributed by atoms with Crippen molar-refractivity contribution in [3.63, 3.8) is 0 Å². The third kappa shape index (κ3) is 4.81. The van der Waals surface area contributed by atoms with Crippen LogP contribution in [0.3, 0.4) is 0 Å². The fourth-order valence-corrected chi connectivity index (χ4v) is 2.56. The van der Waals surface area contributed by atoms with Gasteiger partial charge in [-0.1, -0.05) is 13.8 Å². The van der Waals surface area contributed by atoms with Crippen LogP contribution in [-0.4, -0.2) is 62.2 Å². The summed E-state index contributed by atoms with van der Waals surface area (Å²) >= 11 is 0. The molecule has 1 rings (SSSR count). The second-order valence-corrected chi connectivity index (χ2v) is 4.92. The molecule has 1 aliphatic heterocycles. The Bertz CT molecular complexity index is 173. The minimum Gasteiger partial charge on any atom is -0.317 e. The highest BCUT2D eigenvalue weighted by Gasteiger charge is 2.20. The molecule has 0 aromatic heterocycles. The van der Waals surface area contributed by atoms with Crippen LogP contribution in [0.1, 0.15) is 33.1 Å². The normalized spacial score (nSPS) is 24.6. The first-order chi connectivity index (χ1) is 7.77. The van der Waals surface area contributed by atoms with E-state index in [-0.39, 0.29) is 0 Å². The molecular weight excluding hydrogens is 198 g/mol. The Morgan fingerprint density at radius 1 is 1.25 bits per heavy atom. The lowest BCUT2D eigenvalue weighted by Gasteiger charge is -2.30. The Labute approximate surface area is 101 Å². The maximum atomic E-state index is 3.41. The molecule has 0 bridgehead atoms. The third-order valence-electron chi connectivity index (χ3n) is 3.54. The average Bonchev–Trinajstić information content (AvgIpc) is 2.46. The van der Waals surface area contributed by atoms with Crippen LogP contribution >= 0.6 is 0 Å². The smallest absolute Gasteiger partial charge is 0.0220 e. The van der Waals surface area contributed by atoms with Crippen molar-refractivity contribution in [2.24, 2.45) is 0 Å². The number of nitrogens with one attached hydrogen (secondary N) is 1. The average molecular weight is 227 g/mol. The van der Waals surface area contributed by atoms with E-state index >= 15 is 0 Å². The molecule has 96 valence electrons. The van der Waals surface area contributed by atoms with Gasteiger partial charge in [0.05, 0.1) is 0 Å². The van der Waals surface area contributed by atoms with Crippen molar-refractivity contribution >= 4 is 0 Å². The van der Waals surface area contributed by atoms with Crippen molar-refractivity contribution in [3.8, 4) is 0 Å². The fourth-order valence-electron chi connectivity index (χ4n) is 2.56. The summed E-state index contributed by atoms with van der Waals surface area (Å²) in [6.45, 7) is 11.8. The van der Waals surface area contributed by atoms with Crippen molar-refractivity contribution in [2.75, 3.05) is 46.3 Å². The number of nitrogens with zero attached hydrogens (tertiary/aromatic N) is 2. The quantitative estimate of drug-likeness (QED) is 0.692. The molecule has 1 heterocycles. The highest BCUT2D eigenvalue weighted by molar-refractivity contribution is 4.77. The minimum absolute atomic E-state index is 0.772. The number of rotatable bonds is 6. The lowest BCUT2D eigenvalue weighted by atomic mass is 10.1. The molecule has 0 saturated carbocycles. The Hall–Kier alpha value is -0.120. The van der Waals surface area contributed by atoms with Gasteiger partial charge in [0.15, 0.2) is 0 Å². The second kappa shape index (κ2) is 8.04. The molecule has 0 spiro atoms. The molecule has 1 unspecified atom stereocenters. The van der Waals surface area contributed by atoms with E-state index in [4.69, 9.17) is 0 Å². The number of hydrogen-bond acceptors (Lipinski definition) is 3. The monoisotopic (exact) mass is 227 g/mol. The second-order valence-electron chi connectivity index (χ2n) is 4.92. The third-order valence-corrected chi connectivity index (χ3v) is 3.54. The zero-order chi connectivity index (χ0) is 11.8. The standard InChI is InChI=1S/C13H29N3/c1-4-13-12-15(3)9-7-11-16(13)10-6-8-14-5-2/h13-14H,4-12H2,1-3H3. The van der Waals surface area contributed by atoms with E-state index in [0.717, 1.165) is 12.6 Å². The van der Waals surface area contributed by atoms with Crippen LogP contribution in [0.5, 0.6) is 0 Å². The first-order valence-corrected chi connectivity index (χ1v) is 6.91. The summed E-state index contributed by atoms with van der Waals surface area (Å²) in [5.74, 6) is 0. The zero-order valence-corrected chi connectivity index (χ0v) is 11.3. The van der Waals surface area contributed by atoms with Gasteiger partial charge in [0, 0.05) is 12.6 Å². The summed E-state index contributed by atoms with van der Waals surface area (Å²) < 4.78 is 0. The van der Waals surface area contributed by atoms with Gasteiger partial charge in [0.1, 0.15) is 0 Å². The summed E-state index contributed by atoms with van der Waals surface area (Å²) in [5.41, 5.74) is 0. The van der Waals surface area contributed by atoms with Crippen LogP contribution in [0.2, 0.25) is 0 Å². The van der Waals surface area contributed by atoms with Gasteiger partial charge in [-0.25, -0.2) is 0 Å². The lowest BCUT2D eigenvalue weighted by Crippen LogP contribution is -2.40. The molecule has 1 saturated heterocycles. The molecule has 0 aromatic rings. The molecular formula is C13H29N3. The van der Waals surface area contributed by atoms with Crippen molar-refractivity contribution < 1.29 is 0 Å². The van der Waals surface area contributed by atoms with Crippen LogP contribution in [0.25, 0.3) is 0 Å². The van der Waals surface area contributed by atoms with Crippen LogP contribution in [0, 0.1) is 0 Å². The highest BCUT2D eigenvalue weighted by Crippen LogP contribution is 2.11. The Balaban J connectivity index is 2.30. The molecule has 16 heavy (non-hydrogen) atoms. The van der Waals surface area contributed by atoms with Gasteiger partial charge >= 0.3 is 0 Å². The molecule has 1 aliphatic rings. The van der Waals surface area contributed by atoms with Crippen molar-refractivity contribution in [1.29, 1.82) is 0 Å². The summed E-state index contributed by atoms with van der Waals surface area (Å²) in [7, 11) is 2.25. The molecule has 1 fully saturated rings. The van der Waals surface area contributed by atoms with Gasteiger partial charge in [-0.2, -0.15) is 0 Å². The maximum Gasteiger partial charge on any atom is 0.0220 e. The van der Waals surface area contributed by atoms with Gasteiger partial charge in [-0.05, 0) is 59.0 Å². The van der Waals surface area contributed by atoms with Crippen LogP contribution in [0.15, 0.2) is 0 Å². The number of hydrogen-bond donors (Lipinski definition) is 1. The first kappa shape index (κ1) is 13.9. The topological polar surface area (TPSA) is 18.5 Å². The van der Waals surface area contributed by atoms with Gasteiger partial charge in [0.25, 0.3) is 0 Å².